The predicted molar refractivity (Wildman–Crippen MR) is 184 cm³/mol. The fourth-order valence-corrected chi connectivity index (χ4v) is 3.42. The number of rotatable bonds is 2. The summed E-state index contributed by atoms with van der Waals surface area (Å²) in [6, 6.07) is 0. The summed E-state index contributed by atoms with van der Waals surface area (Å²) >= 11 is 15.6. The van der Waals surface area contributed by atoms with Crippen molar-refractivity contribution in [3.8, 4) is 0 Å². The molecule has 0 spiro atoms. The van der Waals surface area contributed by atoms with Crippen LogP contribution in [-0.2, 0) is 18.9 Å². The van der Waals surface area contributed by atoms with Gasteiger partial charge in [0, 0.05) is 12.8 Å². The van der Waals surface area contributed by atoms with Gasteiger partial charge >= 0.3 is 75.7 Å². The van der Waals surface area contributed by atoms with E-state index in [0.29, 0.717) is 35.7 Å². The molecule has 0 fully saturated rings. The number of hydrogen-bond donors (Lipinski definition) is 0. The summed E-state index contributed by atoms with van der Waals surface area (Å²) in [6.07, 6.45) is 0. The molecule has 0 atom stereocenters. The third-order valence-electron chi connectivity index (χ3n) is 4.38. The first kappa shape index (κ1) is 57.8. The average molecular weight is 1070 g/mol. The minimum absolute atomic E-state index is 0. The topological polar surface area (TPSA) is 86.4 Å². The third kappa shape index (κ3) is 29.7. The van der Waals surface area contributed by atoms with Crippen molar-refractivity contribution in [1.82, 2.24) is 0 Å². The Balaban J connectivity index is -0.0000000605. The summed E-state index contributed by atoms with van der Waals surface area (Å²) in [6.45, 7) is 24.6. The van der Waals surface area contributed by atoms with E-state index in [1.807, 2.05) is 34.6 Å². The molecule has 0 N–H and O–H groups in total. The fraction of sp³-hybridized carbons (Fsp3) is 0.800. The summed E-state index contributed by atoms with van der Waals surface area (Å²) in [7, 11) is 0. The Kier molecular flexibility index (Phi) is 39.0. The van der Waals surface area contributed by atoms with Crippen LogP contribution in [0, 0.1) is 6.92 Å². The van der Waals surface area contributed by atoms with Crippen LogP contribution in [0.4, 0.5) is 0 Å². The van der Waals surface area contributed by atoms with Gasteiger partial charge in [-0.3, -0.25) is 4.99 Å². The van der Waals surface area contributed by atoms with E-state index in [4.69, 9.17) is 42.1 Å². The zero-order valence-electron chi connectivity index (χ0n) is 28.8. The van der Waals surface area contributed by atoms with E-state index >= 15 is 0 Å². The SMILES string of the molecule is CC1(C)COC(CCl)=N1.CC1(C)COC(CI)=N1.CC1=NC(C)(C)CO1.ClCBr.[CH2-]C1=NC(C)(C)CO1.[H-].[H-].[I-].[I-].[Mg+2].[Mg+2].[Na+]. The van der Waals surface area contributed by atoms with Crippen molar-refractivity contribution in [2.45, 2.75) is 84.5 Å². The standard InChI is InChI=1S/C6H10ClNO.C6H10INO.C6H11NO.C6H10NO.CH2BrCl.2HI.2Mg.Na.2H/c2*1-6(2)4-9-5(3-7)8-6;2*1-5-7-6(2,3)4-8-5;2-1-3;;;;;;;/h2*3-4H2,1-2H3;4H2,1-3H3;1,4H2,2-3H3;1H2;2*1H;;;;;/q;;;-1;;;;2*+2;+1;2*-1/p-2. The van der Waals surface area contributed by atoms with Crippen molar-refractivity contribution in [2.75, 3.05) is 41.5 Å². The summed E-state index contributed by atoms with van der Waals surface area (Å²) in [5.41, 5.74) is -0.0219. The van der Waals surface area contributed by atoms with E-state index in [1.54, 1.807) is 0 Å². The average Bonchev–Trinajstić information content (AvgIpc) is 3.49. The van der Waals surface area contributed by atoms with E-state index in [9.17, 15) is 0 Å². The monoisotopic (exact) mass is 1070 g/mol. The van der Waals surface area contributed by atoms with Gasteiger partial charge in [0.05, 0.1) is 37.3 Å². The first-order chi connectivity index (χ1) is 16.9. The van der Waals surface area contributed by atoms with E-state index in [2.05, 4.69) is 93.1 Å². The third-order valence-corrected chi connectivity index (χ3v) is 5.26. The molecule has 17 heteroatoms. The van der Waals surface area contributed by atoms with Gasteiger partial charge in [-0.1, -0.05) is 38.5 Å². The molecule has 4 rings (SSSR count). The van der Waals surface area contributed by atoms with Crippen LogP contribution in [0.2, 0.25) is 0 Å². The largest absolute Gasteiger partial charge is 2.00 e. The zero-order valence-corrected chi connectivity index (χ0v) is 41.2. The van der Waals surface area contributed by atoms with E-state index in [-0.39, 0.29) is 149 Å². The maximum Gasteiger partial charge on any atom is 2.00 e. The first-order valence-electron chi connectivity index (χ1n) is 11.8. The second kappa shape index (κ2) is 28.4. The van der Waals surface area contributed by atoms with Gasteiger partial charge < -0.3 is 76.7 Å². The van der Waals surface area contributed by atoms with Crippen LogP contribution in [0.25, 0.3) is 0 Å². The van der Waals surface area contributed by atoms with E-state index in [0.717, 1.165) is 29.4 Å². The quantitative estimate of drug-likeness (QED) is 0.131. The predicted octanol–water partition coefficient (Wildman–Crippen LogP) is -2.64. The maximum absolute atomic E-state index is 5.48. The molecule has 0 aromatic heterocycles. The molecule has 8 nitrogen and oxygen atoms in total. The van der Waals surface area contributed by atoms with Crippen molar-refractivity contribution in [3.63, 3.8) is 0 Å². The van der Waals surface area contributed by atoms with Crippen molar-refractivity contribution in [2.24, 2.45) is 20.0 Å². The Labute approximate surface area is 377 Å². The molecule has 0 aliphatic carbocycles. The van der Waals surface area contributed by atoms with Gasteiger partial charge in [-0.05, 0) is 55.4 Å². The van der Waals surface area contributed by atoms with Gasteiger partial charge in [-0.15, -0.1) is 23.2 Å². The summed E-state index contributed by atoms with van der Waals surface area (Å²) in [4.78, 5) is 17.4. The number of alkyl halides is 4. The smallest absolute Gasteiger partial charge is 1.00 e. The van der Waals surface area contributed by atoms with Crippen molar-refractivity contribution in [3.05, 3.63) is 6.92 Å². The Morgan fingerprint density at radius 2 is 1.07 bits per heavy atom. The van der Waals surface area contributed by atoms with Gasteiger partial charge in [0.25, 0.3) is 0 Å². The van der Waals surface area contributed by atoms with Crippen LogP contribution < -0.4 is 77.5 Å². The summed E-state index contributed by atoms with van der Waals surface area (Å²) < 4.78 is 21.4. The molecule has 0 radical (unpaired) electrons. The van der Waals surface area contributed by atoms with Crippen LogP contribution in [0.15, 0.2) is 20.0 Å². The van der Waals surface area contributed by atoms with E-state index in [1.165, 1.54) is 0 Å². The van der Waals surface area contributed by atoms with Crippen molar-refractivity contribution < 1.29 is 99.3 Å². The Bertz CT molecular complexity index is 804. The molecule has 0 unspecified atom stereocenters. The number of aliphatic imine (C=N–C) groups is 4. The van der Waals surface area contributed by atoms with Gasteiger partial charge in [-0.2, -0.15) is 0 Å². The molecule has 0 aromatic rings. The molecule has 236 valence electrons. The molecule has 4 aliphatic rings. The van der Waals surface area contributed by atoms with Gasteiger partial charge in [-0.25, -0.2) is 15.0 Å². The van der Waals surface area contributed by atoms with Gasteiger partial charge in [0.2, 0.25) is 0 Å². The minimum Gasteiger partial charge on any atom is -1.00 e. The number of nitrogens with zero attached hydrogens (tertiary/aromatic N) is 4. The van der Waals surface area contributed by atoms with Crippen LogP contribution >= 0.6 is 61.7 Å². The van der Waals surface area contributed by atoms with Crippen LogP contribution in [0.1, 0.15) is 65.2 Å². The van der Waals surface area contributed by atoms with E-state index < -0.39 is 0 Å². The van der Waals surface area contributed by atoms with Crippen LogP contribution in [0.5, 0.6) is 0 Å². The second-order valence-corrected chi connectivity index (χ2v) is 13.4. The maximum atomic E-state index is 5.48. The summed E-state index contributed by atoms with van der Waals surface area (Å²) in [5.74, 6) is 3.33. The molecule has 0 saturated carbocycles. The number of hydrogen-bond acceptors (Lipinski definition) is 8. The Morgan fingerprint density at radius 3 is 1.19 bits per heavy atom. The first-order valence-corrected chi connectivity index (χ1v) is 15.5. The molecule has 0 aromatic carbocycles. The minimum atomic E-state index is -0.0514. The molecule has 0 bridgehead atoms. The molecular formula is C25H45BrCl2I3Mg2N4NaO4. The molecule has 4 aliphatic heterocycles. The molecule has 0 saturated heterocycles. The van der Waals surface area contributed by atoms with Crippen LogP contribution in [0.3, 0.4) is 0 Å². The Morgan fingerprint density at radius 1 is 0.738 bits per heavy atom. The van der Waals surface area contributed by atoms with Crippen LogP contribution in [-0.4, -0.2) is 133 Å². The number of ether oxygens (including phenoxy) is 4. The van der Waals surface area contributed by atoms with Crippen molar-refractivity contribution >= 4 is 131 Å². The Hall–Kier alpha value is 3.53. The summed E-state index contributed by atoms with van der Waals surface area (Å²) in [5, 5.41) is 0. The number of halogens is 6. The molecular weight excluding hydrogens is 1020 g/mol. The zero-order chi connectivity index (χ0) is 28.9. The normalized spacial score (nSPS) is 19.7. The molecule has 42 heavy (non-hydrogen) atoms. The second-order valence-electron chi connectivity index (χ2n) is 10.9. The van der Waals surface area contributed by atoms with Crippen molar-refractivity contribution in [1.29, 1.82) is 0 Å². The molecule has 4 heterocycles. The fourth-order valence-electron chi connectivity index (χ4n) is 2.89. The van der Waals surface area contributed by atoms with Gasteiger partial charge in [0.15, 0.2) is 17.7 Å². The molecule has 0 amide bonds. The van der Waals surface area contributed by atoms with Gasteiger partial charge in [0.1, 0.15) is 26.4 Å².